The highest BCUT2D eigenvalue weighted by molar-refractivity contribution is 7.98. The number of piperidine rings is 1. The van der Waals surface area contributed by atoms with Gasteiger partial charge in [-0.05, 0) is 45.0 Å². The fraction of sp³-hybridized carbons (Fsp3) is 0.536. The second-order valence-corrected chi connectivity index (χ2v) is 11.5. The molecule has 0 amide bonds. The highest BCUT2D eigenvalue weighted by Crippen LogP contribution is 2.62. The van der Waals surface area contributed by atoms with Gasteiger partial charge in [-0.15, -0.1) is 0 Å². The highest BCUT2D eigenvalue weighted by Gasteiger charge is 2.64. The van der Waals surface area contributed by atoms with E-state index >= 15 is 0 Å². The lowest BCUT2D eigenvalue weighted by Gasteiger charge is -2.56. The van der Waals surface area contributed by atoms with E-state index in [9.17, 15) is 5.11 Å². The van der Waals surface area contributed by atoms with Crippen LogP contribution < -0.4 is 20.1 Å². The van der Waals surface area contributed by atoms with Gasteiger partial charge >= 0.3 is 0 Å². The smallest absolute Gasteiger partial charge is 0.204 e. The number of likely N-dealkylation sites (tertiary alicyclic amines) is 1. The number of aliphatic imine (C=N–C) groups is 1. The Morgan fingerprint density at radius 2 is 2.28 bits per heavy atom. The number of ether oxygens (including phenoxy) is 2. The van der Waals surface area contributed by atoms with Crippen LogP contribution in [0.15, 0.2) is 35.6 Å². The van der Waals surface area contributed by atoms with Crippen LogP contribution in [-0.4, -0.2) is 84.2 Å². The first-order valence-electron chi connectivity index (χ1n) is 13.3. The molecule has 0 saturated carbocycles. The largest absolute Gasteiger partial charge is 0.493 e. The van der Waals surface area contributed by atoms with Gasteiger partial charge in [0.25, 0.3) is 0 Å². The average molecular weight is 552 g/mol. The molecule has 1 aromatic carbocycles. The molecule has 1 aromatic heterocycles. The van der Waals surface area contributed by atoms with Gasteiger partial charge in [0.05, 0.1) is 19.1 Å². The molecule has 2 aliphatic heterocycles. The number of hydrogen-bond acceptors (Lipinski definition) is 8. The van der Waals surface area contributed by atoms with Gasteiger partial charge in [0.1, 0.15) is 12.2 Å². The number of likely N-dealkylation sites (N-methyl/N-ethyl adjacent to an activating group) is 1. The van der Waals surface area contributed by atoms with Gasteiger partial charge in [0.2, 0.25) is 5.96 Å². The van der Waals surface area contributed by atoms with Crippen LogP contribution in [0.2, 0.25) is 0 Å². The number of aliphatic hydroxyl groups excluding tert-OH is 1. The lowest BCUT2D eigenvalue weighted by Crippen LogP contribution is -2.64. The Morgan fingerprint density at radius 1 is 1.44 bits per heavy atom. The number of thioether (sulfide) groups is 1. The van der Waals surface area contributed by atoms with Crippen molar-refractivity contribution >= 4 is 17.7 Å². The molecule has 0 unspecified atom stereocenters. The molecule has 4 aliphatic rings. The summed E-state index contributed by atoms with van der Waals surface area (Å²) in [5, 5.41) is 24.5. The predicted molar refractivity (Wildman–Crippen MR) is 152 cm³/mol. The number of guanidine groups is 1. The van der Waals surface area contributed by atoms with E-state index < -0.39 is 6.10 Å². The summed E-state index contributed by atoms with van der Waals surface area (Å²) >= 11 is 1.79. The number of imidazole rings is 1. The molecule has 5 atom stereocenters. The molecule has 1 fully saturated rings. The maximum atomic E-state index is 10.6. The second-order valence-electron chi connectivity index (χ2n) is 10.4. The highest BCUT2D eigenvalue weighted by atomic mass is 32.2. The Hall–Kier alpha value is -3.20. The topological polar surface area (TPSA) is 131 Å². The molecule has 2 aliphatic carbocycles. The summed E-state index contributed by atoms with van der Waals surface area (Å²) in [6, 6.07) is 4.70. The van der Waals surface area contributed by atoms with E-state index in [2.05, 4.69) is 49.7 Å². The number of nitrogens with one attached hydrogen (secondary N) is 3. The summed E-state index contributed by atoms with van der Waals surface area (Å²) in [5.41, 5.74) is 4.81. The lowest BCUT2D eigenvalue weighted by atomic mass is 9.53. The van der Waals surface area contributed by atoms with Crippen molar-refractivity contribution in [2.24, 2.45) is 10.9 Å². The number of H-pyrrole nitrogens is 1. The van der Waals surface area contributed by atoms with Gasteiger partial charge in [-0.2, -0.15) is 17.0 Å². The van der Waals surface area contributed by atoms with Crippen molar-refractivity contribution in [1.29, 1.82) is 5.26 Å². The molecular weight excluding hydrogens is 514 g/mol. The SMILES string of the molecule is CN=C(NC#N)NCCSCc1nc[nH]c1C.COc1ccc2c3c1O[C@H]1[C@@H](O)C=C[C@H]4[C@@H](C2)N(C)CC[C@@]341. The summed E-state index contributed by atoms with van der Waals surface area (Å²) < 4.78 is 11.8. The van der Waals surface area contributed by atoms with E-state index in [1.165, 1.54) is 11.1 Å². The van der Waals surface area contributed by atoms with Crippen LogP contribution in [0.4, 0.5) is 0 Å². The van der Waals surface area contributed by atoms with Crippen LogP contribution >= 0.6 is 11.8 Å². The van der Waals surface area contributed by atoms with Gasteiger partial charge in [0, 0.05) is 53.7 Å². The van der Waals surface area contributed by atoms with Crippen molar-refractivity contribution in [2.75, 3.05) is 40.0 Å². The van der Waals surface area contributed by atoms with Crippen LogP contribution in [0, 0.1) is 24.3 Å². The zero-order valence-electron chi connectivity index (χ0n) is 22.9. The lowest BCUT2D eigenvalue weighted by molar-refractivity contribution is -0.0453. The van der Waals surface area contributed by atoms with E-state index in [1.54, 1.807) is 32.2 Å². The third kappa shape index (κ3) is 4.86. The normalized spacial score (nSPS) is 27.9. The van der Waals surface area contributed by atoms with Crippen molar-refractivity contribution < 1.29 is 14.6 Å². The Balaban J connectivity index is 0.000000165. The van der Waals surface area contributed by atoms with E-state index in [0.29, 0.717) is 17.9 Å². The molecule has 1 spiro atoms. The minimum Gasteiger partial charge on any atom is -0.493 e. The molecule has 1 saturated heterocycles. The van der Waals surface area contributed by atoms with E-state index in [0.717, 1.165) is 60.3 Å². The van der Waals surface area contributed by atoms with Crippen LogP contribution in [0.5, 0.6) is 11.5 Å². The van der Waals surface area contributed by atoms with Crippen LogP contribution in [0.3, 0.4) is 0 Å². The first kappa shape index (κ1) is 27.4. The molecule has 10 nitrogen and oxygen atoms in total. The summed E-state index contributed by atoms with van der Waals surface area (Å²) in [6.45, 7) is 3.83. The minimum absolute atomic E-state index is 0.0806. The molecule has 6 rings (SSSR count). The first-order valence-corrected chi connectivity index (χ1v) is 14.5. The van der Waals surface area contributed by atoms with Gasteiger partial charge < -0.3 is 29.8 Å². The van der Waals surface area contributed by atoms with Gasteiger partial charge in [-0.3, -0.25) is 10.3 Å². The zero-order chi connectivity index (χ0) is 27.6. The maximum Gasteiger partial charge on any atom is 0.204 e. The predicted octanol–water partition coefficient (Wildman–Crippen LogP) is 2.10. The Labute approximate surface area is 233 Å². The van der Waals surface area contributed by atoms with E-state index in [-0.39, 0.29) is 11.5 Å². The number of hydrogen-bond donors (Lipinski definition) is 4. The van der Waals surface area contributed by atoms with Crippen molar-refractivity contribution in [3.63, 3.8) is 0 Å². The molecule has 208 valence electrons. The fourth-order valence-electron chi connectivity index (χ4n) is 6.56. The van der Waals surface area contributed by atoms with Crippen LogP contribution in [0.1, 0.15) is 28.9 Å². The minimum atomic E-state index is -0.539. The maximum absolute atomic E-state index is 10.6. The third-order valence-corrected chi connectivity index (χ3v) is 9.43. The van der Waals surface area contributed by atoms with Crippen molar-refractivity contribution in [3.05, 3.63) is 53.1 Å². The van der Waals surface area contributed by atoms with Crippen molar-refractivity contribution in [2.45, 2.75) is 49.2 Å². The Morgan fingerprint density at radius 3 is 3.00 bits per heavy atom. The van der Waals surface area contributed by atoms with Crippen LogP contribution in [-0.2, 0) is 17.6 Å². The van der Waals surface area contributed by atoms with Gasteiger partial charge in [-0.25, -0.2) is 4.98 Å². The quantitative estimate of drug-likeness (QED) is 0.106. The number of aromatic nitrogens is 2. The Bertz CT molecular complexity index is 1290. The number of benzene rings is 1. The number of aromatic amines is 1. The van der Waals surface area contributed by atoms with Crippen molar-refractivity contribution in [1.82, 2.24) is 25.5 Å². The number of aryl methyl sites for hydroxylation is 1. The van der Waals surface area contributed by atoms with E-state index in [4.69, 9.17) is 14.7 Å². The summed E-state index contributed by atoms with van der Waals surface area (Å²) in [7, 11) is 5.54. The van der Waals surface area contributed by atoms with Gasteiger partial charge in [-0.1, -0.05) is 18.2 Å². The molecule has 3 heterocycles. The fourth-order valence-corrected chi connectivity index (χ4v) is 7.44. The third-order valence-electron chi connectivity index (χ3n) is 8.46. The molecule has 2 aromatic rings. The molecular formula is C28H37N7O3S. The van der Waals surface area contributed by atoms with Gasteiger partial charge in [0.15, 0.2) is 17.7 Å². The molecule has 0 radical (unpaired) electrons. The molecule has 11 heteroatoms. The monoisotopic (exact) mass is 551 g/mol. The number of nitriles is 1. The average Bonchev–Trinajstić information content (AvgIpc) is 3.52. The summed E-state index contributed by atoms with van der Waals surface area (Å²) in [6.07, 6.45) is 9.07. The summed E-state index contributed by atoms with van der Waals surface area (Å²) in [4.78, 5) is 13.6. The molecule has 2 bridgehead atoms. The number of rotatable bonds is 6. The number of methoxy groups -OCH3 is 1. The zero-order valence-corrected chi connectivity index (χ0v) is 23.7. The first-order chi connectivity index (χ1) is 18.9. The Kier molecular flexibility index (Phi) is 8.07. The van der Waals surface area contributed by atoms with E-state index in [1.807, 2.05) is 25.3 Å². The second kappa shape index (κ2) is 11.5. The molecule has 39 heavy (non-hydrogen) atoms. The van der Waals surface area contributed by atoms with Crippen molar-refractivity contribution in [3.8, 4) is 17.7 Å². The number of nitrogens with zero attached hydrogens (tertiary/aromatic N) is 4. The number of aliphatic hydroxyl groups is 1. The van der Waals surface area contributed by atoms with Crippen LogP contribution in [0.25, 0.3) is 0 Å². The summed E-state index contributed by atoms with van der Waals surface area (Å²) in [5.74, 6) is 4.41. The molecule has 4 N–H and O–H groups in total. The standard InChI is InChI=1S/C18H21NO3.C10H16N6S/c1-19-8-7-18-11-4-5-13(20)17(18)22-16-14(21-2)6-3-10(15(16)18)9-12(11)19;1-8-9(16-7-15-8)5-17-4-3-13-10(12-2)14-6-11/h3-6,11-13,17,20H,7-9H2,1-2H3;7H,3-5H2,1-2H3,(H,15,16)(H2,12,13,14)/t11-,12+,13-,17-,18-;/m0./s1.